The van der Waals surface area contributed by atoms with Crippen molar-refractivity contribution in [3.63, 3.8) is 0 Å². The fourth-order valence-electron chi connectivity index (χ4n) is 5.16. The van der Waals surface area contributed by atoms with E-state index in [9.17, 15) is 4.79 Å². The monoisotopic (exact) mass is 306 g/mol. The number of carbonyl (C=O) groups is 1. The summed E-state index contributed by atoms with van der Waals surface area (Å²) in [5.41, 5.74) is 0. The predicted molar refractivity (Wildman–Crippen MR) is 59.2 cm³/mol. The molecular weight excluding hydrogens is 289 g/mol. The predicted octanol–water partition coefficient (Wildman–Crippen LogP) is 2.21. The number of carbonyl (C=O) groups excluding carboxylic acids is 1. The number of methoxy groups -OCH3 is 1. The Balaban J connectivity index is 0.000000902. The normalized spacial score (nSPS) is 48.2. The minimum atomic E-state index is -0.0299. The van der Waals surface area contributed by atoms with E-state index < -0.39 is 0 Å². The van der Waals surface area contributed by atoms with E-state index in [2.05, 4.69) is 12.2 Å². The van der Waals surface area contributed by atoms with Crippen molar-refractivity contribution in [2.24, 2.45) is 35.5 Å². The zero-order valence-electron chi connectivity index (χ0n) is 10.1. The molecule has 4 bridgehead atoms. The van der Waals surface area contributed by atoms with Gasteiger partial charge in [-0.25, -0.2) is 0 Å². The molecule has 3 saturated carbocycles. The van der Waals surface area contributed by atoms with E-state index >= 15 is 0 Å². The van der Waals surface area contributed by atoms with E-state index in [-0.39, 0.29) is 38.7 Å². The van der Waals surface area contributed by atoms with Crippen molar-refractivity contribution in [2.75, 3.05) is 7.11 Å². The second kappa shape index (κ2) is 4.10. The molecule has 0 aromatic carbocycles. The third-order valence-corrected chi connectivity index (χ3v) is 5.53. The van der Waals surface area contributed by atoms with Gasteiger partial charge in [-0.1, -0.05) is 30.4 Å². The van der Waals surface area contributed by atoms with Crippen molar-refractivity contribution in [3.8, 4) is 0 Å². The maximum absolute atomic E-state index is 11.7. The Hall–Kier alpha value is 0.184. The molecule has 0 saturated heterocycles. The van der Waals surface area contributed by atoms with Gasteiger partial charge in [0.1, 0.15) is 0 Å². The first-order valence-electron chi connectivity index (χ1n) is 6.42. The van der Waals surface area contributed by atoms with Crippen LogP contribution in [-0.2, 0) is 42.2 Å². The van der Waals surface area contributed by atoms with Crippen molar-refractivity contribution in [1.82, 2.24) is 0 Å². The van der Waals surface area contributed by atoms with Gasteiger partial charge in [-0.2, -0.15) is 6.42 Å². The molecule has 89 valence electrons. The van der Waals surface area contributed by atoms with E-state index in [0.717, 1.165) is 41.9 Å². The Kier molecular flexibility index (Phi) is 2.95. The van der Waals surface area contributed by atoms with Crippen LogP contribution < -0.4 is 0 Å². The molecule has 4 aliphatic carbocycles. The van der Waals surface area contributed by atoms with Gasteiger partial charge in [0, 0.05) is 32.7 Å². The minimum absolute atomic E-state index is 0. The van der Waals surface area contributed by atoms with Gasteiger partial charge in [-0.3, -0.25) is 10.7 Å². The van der Waals surface area contributed by atoms with Crippen molar-refractivity contribution in [1.29, 1.82) is 0 Å². The number of esters is 1. The first kappa shape index (κ1) is 12.2. The molecule has 3 fully saturated rings. The summed E-state index contributed by atoms with van der Waals surface area (Å²) in [4.78, 5) is 11.7. The summed E-state index contributed by atoms with van der Waals surface area (Å²) in [6.07, 6.45) is 8.48. The van der Waals surface area contributed by atoms with Crippen molar-refractivity contribution >= 4 is 5.97 Å². The molecule has 0 N–H and O–H groups in total. The molecule has 3 heteroatoms. The Bertz CT molecular complexity index is 378. The largest absolute Gasteiger partial charge is 0.491 e. The van der Waals surface area contributed by atoms with Crippen LogP contribution in [0.2, 0.25) is 0 Å². The number of fused-ring (bicyclic) bond motifs is 9. The molecule has 4 rings (SSSR count). The molecular formula is C14H17O2Y-. The number of hydrogen-bond acceptors (Lipinski definition) is 2. The van der Waals surface area contributed by atoms with Crippen molar-refractivity contribution in [2.45, 2.75) is 19.3 Å². The number of rotatable bonds is 1. The summed E-state index contributed by atoms with van der Waals surface area (Å²) in [6, 6.07) is 0. The van der Waals surface area contributed by atoms with Crippen LogP contribution in [0.4, 0.5) is 0 Å². The topological polar surface area (TPSA) is 26.3 Å². The molecule has 0 spiro atoms. The zero-order chi connectivity index (χ0) is 10.9. The molecule has 0 aromatic heterocycles. The average Bonchev–Trinajstić information content (AvgIpc) is 3.03. The van der Waals surface area contributed by atoms with Gasteiger partial charge in [0.25, 0.3) is 0 Å². The third kappa shape index (κ3) is 1.46. The summed E-state index contributed by atoms with van der Waals surface area (Å²) in [7, 11) is 1.51. The maximum Gasteiger partial charge on any atom is 0.169 e. The Labute approximate surface area is 127 Å². The van der Waals surface area contributed by atoms with E-state index in [1.807, 2.05) is 0 Å². The Morgan fingerprint density at radius 1 is 1.24 bits per heavy atom. The standard InChI is InChI=1S/C14H17O2.Y/c1-16-14(15)11-6-9-5-10(11)13-8-3-2-7(4-8)12(9)13;/h2-3,7-10,12-13H,4-6H2,1H3;/q-1;. The molecule has 6 unspecified atom stereocenters. The zero-order valence-corrected chi connectivity index (χ0v) is 13.0. The molecule has 2 nitrogen and oxygen atoms in total. The summed E-state index contributed by atoms with van der Waals surface area (Å²) < 4.78 is 4.92. The SMILES string of the molecule is COC(=O)[C-]1CC2CC1C1C3C=CC(C3)C21.[Y]. The van der Waals surface area contributed by atoms with Crippen LogP contribution >= 0.6 is 0 Å². The van der Waals surface area contributed by atoms with Gasteiger partial charge in [-0.15, -0.1) is 5.92 Å². The summed E-state index contributed by atoms with van der Waals surface area (Å²) in [5.74, 6) is 5.70. The molecule has 6 atom stereocenters. The maximum atomic E-state index is 11.7. The van der Waals surface area contributed by atoms with Gasteiger partial charge in [0.2, 0.25) is 0 Å². The molecule has 4 aliphatic rings. The summed E-state index contributed by atoms with van der Waals surface area (Å²) >= 11 is 0. The number of ether oxygens (including phenoxy) is 1. The van der Waals surface area contributed by atoms with Crippen LogP contribution in [0.25, 0.3) is 0 Å². The van der Waals surface area contributed by atoms with Crippen LogP contribution in [0.3, 0.4) is 0 Å². The number of allylic oxidation sites excluding steroid dienone is 2. The fraction of sp³-hybridized carbons (Fsp3) is 0.714. The van der Waals surface area contributed by atoms with Crippen LogP contribution in [0.15, 0.2) is 12.2 Å². The van der Waals surface area contributed by atoms with E-state index in [1.54, 1.807) is 0 Å². The van der Waals surface area contributed by atoms with E-state index in [0.29, 0.717) is 5.92 Å². The van der Waals surface area contributed by atoms with Gasteiger partial charge in [-0.05, 0) is 24.2 Å². The third-order valence-electron chi connectivity index (χ3n) is 5.53. The second-order valence-corrected chi connectivity index (χ2v) is 5.93. The van der Waals surface area contributed by atoms with Gasteiger partial charge in [0.15, 0.2) is 5.97 Å². The molecule has 0 amide bonds. The van der Waals surface area contributed by atoms with Gasteiger partial charge in [0.05, 0.1) is 7.11 Å². The van der Waals surface area contributed by atoms with E-state index in [4.69, 9.17) is 4.74 Å². The van der Waals surface area contributed by atoms with Crippen LogP contribution in [-0.4, -0.2) is 13.1 Å². The van der Waals surface area contributed by atoms with E-state index in [1.165, 1.54) is 20.0 Å². The molecule has 17 heavy (non-hydrogen) atoms. The average molecular weight is 306 g/mol. The Morgan fingerprint density at radius 3 is 2.65 bits per heavy atom. The quantitative estimate of drug-likeness (QED) is 0.321. The van der Waals surface area contributed by atoms with Crippen LogP contribution in [0, 0.1) is 41.4 Å². The smallest absolute Gasteiger partial charge is 0.169 e. The summed E-state index contributed by atoms with van der Waals surface area (Å²) in [6.45, 7) is 0. The first-order valence-corrected chi connectivity index (χ1v) is 6.42. The summed E-state index contributed by atoms with van der Waals surface area (Å²) in [5, 5.41) is 0. The fourth-order valence-corrected chi connectivity index (χ4v) is 5.16. The van der Waals surface area contributed by atoms with Gasteiger partial charge < -0.3 is 4.74 Å². The second-order valence-electron chi connectivity index (χ2n) is 5.93. The Morgan fingerprint density at radius 2 is 1.94 bits per heavy atom. The van der Waals surface area contributed by atoms with Crippen LogP contribution in [0.1, 0.15) is 19.3 Å². The molecule has 0 aliphatic heterocycles. The molecule has 1 radical (unpaired) electrons. The number of hydrogen-bond donors (Lipinski definition) is 0. The molecule has 0 heterocycles. The first-order chi connectivity index (χ1) is 7.79. The van der Waals surface area contributed by atoms with Crippen molar-refractivity contribution < 1.29 is 42.2 Å². The minimum Gasteiger partial charge on any atom is -0.491 e. The van der Waals surface area contributed by atoms with Crippen molar-refractivity contribution in [3.05, 3.63) is 18.1 Å². The van der Waals surface area contributed by atoms with Crippen LogP contribution in [0.5, 0.6) is 0 Å². The molecule has 0 aromatic rings. The van der Waals surface area contributed by atoms with Gasteiger partial charge >= 0.3 is 0 Å².